The van der Waals surface area contributed by atoms with Crippen LogP contribution in [0.1, 0.15) is 19.8 Å². The van der Waals surface area contributed by atoms with E-state index >= 15 is 0 Å². The molecule has 3 heterocycles. The number of hydrogen-bond acceptors (Lipinski definition) is 7. The molecule has 0 spiro atoms. The molecule has 1 aliphatic heterocycles. The van der Waals surface area contributed by atoms with Gasteiger partial charge in [0.1, 0.15) is 21.9 Å². The fraction of sp³-hybridized carbons (Fsp3) is 0.368. The lowest BCUT2D eigenvalue weighted by molar-refractivity contribution is -0.113. The van der Waals surface area contributed by atoms with Gasteiger partial charge in [0.15, 0.2) is 10.8 Å². The summed E-state index contributed by atoms with van der Waals surface area (Å²) in [6.45, 7) is 4.28. The van der Waals surface area contributed by atoms with Crippen molar-refractivity contribution in [2.24, 2.45) is 5.92 Å². The fourth-order valence-electron chi connectivity index (χ4n) is 3.07. The number of thioether (sulfide) groups is 1. The maximum atomic E-state index is 13.2. The summed E-state index contributed by atoms with van der Waals surface area (Å²) in [5.41, 5.74) is 1.11. The molecule has 1 fully saturated rings. The molecule has 0 bridgehead atoms. The molecule has 0 atom stereocenters. The van der Waals surface area contributed by atoms with Crippen molar-refractivity contribution in [2.75, 3.05) is 29.1 Å². The van der Waals surface area contributed by atoms with Crippen LogP contribution in [0.4, 0.5) is 15.2 Å². The molecule has 29 heavy (non-hydrogen) atoms. The Morgan fingerprint density at radius 2 is 2.17 bits per heavy atom. The lowest BCUT2D eigenvalue weighted by atomic mass is 10.00. The van der Waals surface area contributed by atoms with Crippen molar-refractivity contribution in [1.29, 1.82) is 0 Å². The third-order valence-corrected chi connectivity index (χ3v) is 7.27. The fourth-order valence-corrected chi connectivity index (χ4v) is 5.19. The number of benzene rings is 1. The Labute approximate surface area is 180 Å². The number of anilines is 2. The van der Waals surface area contributed by atoms with Crippen LogP contribution in [0.3, 0.4) is 0 Å². The summed E-state index contributed by atoms with van der Waals surface area (Å²) in [6, 6.07) is 4.08. The zero-order valence-electron chi connectivity index (χ0n) is 15.7. The van der Waals surface area contributed by atoms with Crippen molar-refractivity contribution in [2.45, 2.75) is 24.8 Å². The van der Waals surface area contributed by atoms with Gasteiger partial charge in [-0.1, -0.05) is 41.6 Å². The Morgan fingerprint density at radius 1 is 1.38 bits per heavy atom. The third-order valence-electron chi connectivity index (χ3n) is 4.74. The van der Waals surface area contributed by atoms with E-state index in [1.54, 1.807) is 11.3 Å². The van der Waals surface area contributed by atoms with E-state index in [-0.39, 0.29) is 16.7 Å². The summed E-state index contributed by atoms with van der Waals surface area (Å²) in [5.74, 6) is 0.169. The van der Waals surface area contributed by atoms with E-state index in [4.69, 9.17) is 11.6 Å². The first-order valence-corrected chi connectivity index (χ1v) is 11.4. The molecule has 0 unspecified atom stereocenters. The van der Waals surface area contributed by atoms with Crippen molar-refractivity contribution in [1.82, 2.24) is 15.0 Å². The van der Waals surface area contributed by atoms with Crippen LogP contribution in [-0.4, -0.2) is 39.7 Å². The molecule has 1 aliphatic rings. The second-order valence-corrected chi connectivity index (χ2v) is 9.31. The number of carbonyl (C=O) groups is 1. The Kier molecular flexibility index (Phi) is 6.17. The normalized spacial score (nSPS) is 15.1. The Hall–Kier alpha value is -1.97. The van der Waals surface area contributed by atoms with Crippen LogP contribution in [0.2, 0.25) is 5.02 Å². The van der Waals surface area contributed by atoms with E-state index in [0.29, 0.717) is 11.3 Å². The van der Waals surface area contributed by atoms with E-state index < -0.39 is 5.82 Å². The Balaban J connectivity index is 1.43. The maximum Gasteiger partial charge on any atom is 0.234 e. The number of hydrogen-bond donors (Lipinski definition) is 1. The Morgan fingerprint density at radius 3 is 2.93 bits per heavy atom. The van der Waals surface area contributed by atoms with Crippen LogP contribution < -0.4 is 10.2 Å². The smallest absolute Gasteiger partial charge is 0.234 e. The minimum atomic E-state index is -0.522. The highest BCUT2D eigenvalue weighted by Gasteiger charge is 2.21. The highest BCUT2D eigenvalue weighted by molar-refractivity contribution is 8.00. The quantitative estimate of drug-likeness (QED) is 0.442. The molecule has 152 valence electrons. The highest BCUT2D eigenvalue weighted by Crippen LogP contribution is 2.35. The van der Waals surface area contributed by atoms with Crippen molar-refractivity contribution < 1.29 is 9.18 Å². The van der Waals surface area contributed by atoms with Gasteiger partial charge in [-0.15, -0.1) is 0 Å². The van der Waals surface area contributed by atoms with Gasteiger partial charge in [0.2, 0.25) is 5.91 Å². The molecule has 6 nitrogen and oxygen atoms in total. The number of aromatic nitrogens is 3. The summed E-state index contributed by atoms with van der Waals surface area (Å²) < 4.78 is 14.1. The number of rotatable bonds is 5. The average molecular weight is 452 g/mol. The van der Waals surface area contributed by atoms with Crippen LogP contribution in [0.15, 0.2) is 29.6 Å². The lowest BCUT2D eigenvalue weighted by Crippen LogP contribution is -2.32. The zero-order valence-corrected chi connectivity index (χ0v) is 18.1. The number of nitrogens with one attached hydrogen (secondary N) is 1. The van der Waals surface area contributed by atoms with Gasteiger partial charge in [-0.2, -0.15) is 4.98 Å². The van der Waals surface area contributed by atoms with Gasteiger partial charge in [0, 0.05) is 18.8 Å². The van der Waals surface area contributed by atoms with Gasteiger partial charge < -0.3 is 10.2 Å². The van der Waals surface area contributed by atoms with Gasteiger partial charge >= 0.3 is 0 Å². The molecular formula is C19H19ClFN5OS2. The maximum absolute atomic E-state index is 13.2. The summed E-state index contributed by atoms with van der Waals surface area (Å²) in [4.78, 5) is 27.8. The van der Waals surface area contributed by atoms with Crippen molar-refractivity contribution >= 4 is 61.8 Å². The predicted molar refractivity (Wildman–Crippen MR) is 117 cm³/mol. The topological polar surface area (TPSA) is 71.0 Å². The first-order chi connectivity index (χ1) is 14.0. The molecule has 1 N–H and O–H groups in total. The first kappa shape index (κ1) is 20.3. The molecule has 4 rings (SSSR count). The van der Waals surface area contributed by atoms with E-state index in [0.717, 1.165) is 46.7 Å². The minimum Gasteiger partial charge on any atom is -0.348 e. The van der Waals surface area contributed by atoms with E-state index in [1.165, 1.54) is 36.3 Å². The number of halogens is 2. The van der Waals surface area contributed by atoms with E-state index in [9.17, 15) is 9.18 Å². The van der Waals surface area contributed by atoms with Gasteiger partial charge in [0.05, 0.1) is 10.8 Å². The SMILES string of the molecule is CC1CCN(c2nc3ncnc(SCC(=O)Nc4ccc(F)c(Cl)c4)c3s2)CC1. The van der Waals surface area contributed by atoms with Crippen molar-refractivity contribution in [3.05, 3.63) is 35.4 Å². The predicted octanol–water partition coefficient (Wildman–Crippen LogP) is 4.85. The number of fused-ring (bicyclic) bond motifs is 1. The number of piperidine rings is 1. The molecule has 1 amide bonds. The standard InChI is InChI=1S/C19H19ClFN5OS2/c1-11-4-6-26(7-5-11)19-25-17-16(29-19)18(23-10-22-17)28-9-15(27)24-12-2-3-14(21)13(20)8-12/h2-3,8,10-11H,4-7,9H2,1H3,(H,24,27). The third kappa shape index (κ3) is 4.79. The second-order valence-electron chi connectivity index (χ2n) is 6.96. The number of amides is 1. The van der Waals surface area contributed by atoms with Crippen LogP contribution in [0.25, 0.3) is 10.3 Å². The number of nitrogens with zero attached hydrogens (tertiary/aromatic N) is 4. The van der Waals surface area contributed by atoms with Gasteiger partial charge in [-0.3, -0.25) is 4.79 Å². The van der Waals surface area contributed by atoms with E-state index in [2.05, 4.69) is 32.1 Å². The largest absolute Gasteiger partial charge is 0.348 e. The minimum absolute atomic E-state index is 0.0303. The number of carbonyl (C=O) groups excluding carboxylic acids is 1. The zero-order chi connectivity index (χ0) is 20.4. The van der Waals surface area contributed by atoms with Gasteiger partial charge in [-0.05, 0) is 37.0 Å². The summed E-state index contributed by atoms with van der Waals surface area (Å²) >= 11 is 8.65. The van der Waals surface area contributed by atoms with Crippen molar-refractivity contribution in [3.8, 4) is 0 Å². The van der Waals surface area contributed by atoms with Gasteiger partial charge in [-0.25, -0.2) is 14.4 Å². The van der Waals surface area contributed by atoms with Crippen LogP contribution >= 0.6 is 34.7 Å². The molecule has 3 aromatic rings. The molecular weight excluding hydrogens is 433 g/mol. The second kappa shape index (κ2) is 8.81. The average Bonchev–Trinajstić information content (AvgIpc) is 3.14. The molecule has 0 saturated carbocycles. The lowest BCUT2D eigenvalue weighted by Gasteiger charge is -2.29. The molecule has 1 aromatic carbocycles. The molecule has 10 heteroatoms. The van der Waals surface area contributed by atoms with Crippen LogP contribution in [0.5, 0.6) is 0 Å². The molecule has 0 radical (unpaired) electrons. The summed E-state index contributed by atoms with van der Waals surface area (Å²) in [5, 5.41) is 4.38. The van der Waals surface area contributed by atoms with Gasteiger partial charge in [0.25, 0.3) is 0 Å². The summed E-state index contributed by atoms with van der Waals surface area (Å²) in [7, 11) is 0. The molecule has 0 aliphatic carbocycles. The molecule has 2 aromatic heterocycles. The summed E-state index contributed by atoms with van der Waals surface area (Å²) in [6.07, 6.45) is 3.80. The highest BCUT2D eigenvalue weighted by atomic mass is 35.5. The Bertz CT molecular complexity index is 1040. The van der Waals surface area contributed by atoms with Crippen LogP contribution in [-0.2, 0) is 4.79 Å². The van der Waals surface area contributed by atoms with E-state index in [1.807, 2.05) is 0 Å². The van der Waals surface area contributed by atoms with Crippen LogP contribution in [0, 0.1) is 11.7 Å². The monoisotopic (exact) mass is 451 g/mol. The molecule has 1 saturated heterocycles. The number of thiazole rings is 1. The first-order valence-electron chi connectivity index (χ1n) is 9.24. The van der Waals surface area contributed by atoms with Crippen molar-refractivity contribution in [3.63, 3.8) is 0 Å².